The molecule has 2 aliphatic heterocycles. The van der Waals surface area contributed by atoms with E-state index in [-0.39, 0.29) is 18.9 Å². The summed E-state index contributed by atoms with van der Waals surface area (Å²) in [6.45, 7) is 0. The number of alkyl halides is 2. The maximum atomic E-state index is 14.0. The molecule has 3 nitrogen and oxygen atoms in total. The van der Waals surface area contributed by atoms with Crippen LogP contribution in [-0.2, 0) is 5.41 Å². The Balaban J connectivity index is 2.03. The third kappa shape index (κ3) is 1.95. The third-order valence-electron chi connectivity index (χ3n) is 4.66. The predicted octanol–water partition coefficient (Wildman–Crippen LogP) is 3.11. The van der Waals surface area contributed by atoms with Crippen molar-refractivity contribution in [2.45, 2.75) is 42.7 Å². The summed E-state index contributed by atoms with van der Waals surface area (Å²) in [5.41, 5.74) is -0.131. The van der Waals surface area contributed by atoms with Crippen LogP contribution >= 0.6 is 15.9 Å². The summed E-state index contributed by atoms with van der Waals surface area (Å²) in [4.78, 5) is 5.82. The highest BCUT2D eigenvalue weighted by atomic mass is 79.9. The average molecular weight is 342 g/mol. The zero-order valence-electron chi connectivity index (χ0n) is 11.0. The van der Waals surface area contributed by atoms with Gasteiger partial charge in [-0.25, -0.2) is 8.78 Å². The maximum Gasteiger partial charge on any atom is 0.264 e. The van der Waals surface area contributed by atoms with Crippen LogP contribution in [0, 0.1) is 11.3 Å². The van der Waals surface area contributed by atoms with E-state index in [2.05, 4.69) is 27.0 Å². The summed E-state index contributed by atoms with van der Waals surface area (Å²) in [7, 11) is 1.73. The molecule has 2 saturated heterocycles. The van der Waals surface area contributed by atoms with E-state index >= 15 is 0 Å². The third-order valence-corrected chi connectivity index (χ3v) is 5.09. The Hall–Kier alpha value is -1.06. The summed E-state index contributed by atoms with van der Waals surface area (Å²) < 4.78 is 28.9. The molecule has 0 radical (unpaired) electrons. The molecule has 3 heterocycles. The van der Waals surface area contributed by atoms with Crippen LogP contribution in [0.3, 0.4) is 0 Å². The number of nitrogens with zero attached hydrogens (tertiary/aromatic N) is 3. The largest absolute Gasteiger partial charge is 0.294 e. The minimum atomic E-state index is -2.71. The average Bonchev–Trinajstić information content (AvgIpc) is 2.55. The topological polar surface area (TPSA) is 39.9 Å². The van der Waals surface area contributed by atoms with Crippen molar-refractivity contribution in [3.8, 4) is 6.07 Å². The highest BCUT2D eigenvalue weighted by Crippen LogP contribution is 2.52. The van der Waals surface area contributed by atoms with Gasteiger partial charge in [0.2, 0.25) is 0 Å². The Morgan fingerprint density at radius 1 is 1.40 bits per heavy atom. The first-order valence-electron chi connectivity index (χ1n) is 6.50. The van der Waals surface area contributed by atoms with Crippen molar-refractivity contribution >= 4 is 15.9 Å². The van der Waals surface area contributed by atoms with Gasteiger partial charge in [0.05, 0.1) is 17.5 Å². The standard InChI is InChI=1S/C14H14BrF2N3/c1-20-11-3-13(8-18,5-12(20)14(16,17)4-11)9-2-10(15)7-19-6-9/h2,6-7,11-12H,3-5H2,1H3. The van der Waals surface area contributed by atoms with Crippen LogP contribution in [0.4, 0.5) is 8.78 Å². The molecule has 1 aromatic heterocycles. The Morgan fingerprint density at radius 3 is 2.75 bits per heavy atom. The zero-order chi connectivity index (χ0) is 14.5. The second-order valence-corrected chi connectivity index (χ2v) is 6.71. The van der Waals surface area contributed by atoms with E-state index in [9.17, 15) is 14.0 Å². The van der Waals surface area contributed by atoms with E-state index in [4.69, 9.17) is 0 Å². The van der Waals surface area contributed by atoms with Gasteiger partial charge in [-0.05, 0) is 47.4 Å². The lowest BCUT2D eigenvalue weighted by Crippen LogP contribution is -2.50. The van der Waals surface area contributed by atoms with Gasteiger partial charge in [0.1, 0.15) is 0 Å². The van der Waals surface area contributed by atoms with Crippen molar-refractivity contribution in [3.63, 3.8) is 0 Å². The number of fused-ring (bicyclic) bond motifs is 2. The van der Waals surface area contributed by atoms with Gasteiger partial charge >= 0.3 is 0 Å². The fourth-order valence-corrected chi connectivity index (χ4v) is 3.90. The smallest absolute Gasteiger partial charge is 0.264 e. The number of hydrogen-bond acceptors (Lipinski definition) is 3. The number of piperidine rings is 1. The van der Waals surface area contributed by atoms with Crippen LogP contribution in [-0.4, -0.2) is 34.9 Å². The van der Waals surface area contributed by atoms with Crippen LogP contribution in [0.5, 0.6) is 0 Å². The van der Waals surface area contributed by atoms with Crippen molar-refractivity contribution in [1.82, 2.24) is 9.88 Å². The van der Waals surface area contributed by atoms with E-state index in [0.717, 1.165) is 10.0 Å². The Kier molecular flexibility index (Phi) is 3.11. The number of pyridine rings is 1. The molecular weight excluding hydrogens is 328 g/mol. The molecule has 20 heavy (non-hydrogen) atoms. The van der Waals surface area contributed by atoms with E-state index in [1.54, 1.807) is 24.3 Å². The monoisotopic (exact) mass is 341 g/mol. The summed E-state index contributed by atoms with van der Waals surface area (Å²) >= 11 is 3.33. The molecule has 2 aliphatic rings. The molecule has 2 bridgehead atoms. The van der Waals surface area contributed by atoms with Crippen LogP contribution in [0.25, 0.3) is 0 Å². The molecule has 3 rings (SSSR count). The predicted molar refractivity (Wildman–Crippen MR) is 73.4 cm³/mol. The van der Waals surface area contributed by atoms with Crippen molar-refractivity contribution in [2.75, 3.05) is 7.05 Å². The quantitative estimate of drug-likeness (QED) is 0.787. The number of nitriles is 1. The molecule has 1 aromatic rings. The van der Waals surface area contributed by atoms with Gasteiger partial charge in [0.25, 0.3) is 5.92 Å². The molecule has 0 aliphatic carbocycles. The van der Waals surface area contributed by atoms with Crippen LogP contribution in [0.15, 0.2) is 22.9 Å². The number of halogens is 3. The van der Waals surface area contributed by atoms with Crippen molar-refractivity contribution in [2.24, 2.45) is 0 Å². The van der Waals surface area contributed by atoms with Gasteiger partial charge in [-0.15, -0.1) is 0 Å². The fraction of sp³-hybridized carbons (Fsp3) is 0.571. The molecule has 0 saturated carbocycles. The number of hydrogen-bond donors (Lipinski definition) is 0. The lowest BCUT2D eigenvalue weighted by molar-refractivity contribution is -0.0393. The van der Waals surface area contributed by atoms with Gasteiger partial charge in [-0.3, -0.25) is 9.88 Å². The van der Waals surface area contributed by atoms with Crippen molar-refractivity contribution < 1.29 is 8.78 Å². The summed E-state index contributed by atoms with van der Waals surface area (Å²) in [6, 6.07) is 3.01. The Labute approximate surface area is 124 Å². The molecule has 0 N–H and O–H groups in total. The molecule has 0 aromatic carbocycles. The van der Waals surface area contributed by atoms with E-state index in [0.29, 0.717) is 6.42 Å². The van der Waals surface area contributed by atoms with Crippen LogP contribution in [0.1, 0.15) is 24.8 Å². The zero-order valence-corrected chi connectivity index (χ0v) is 12.6. The molecule has 3 atom stereocenters. The normalized spacial score (nSPS) is 35.8. The van der Waals surface area contributed by atoms with Gasteiger partial charge in [0.15, 0.2) is 0 Å². The van der Waals surface area contributed by atoms with Gasteiger partial charge < -0.3 is 0 Å². The summed E-state index contributed by atoms with van der Waals surface area (Å²) in [6.07, 6.45) is 3.69. The first-order chi connectivity index (χ1) is 9.38. The molecule has 0 spiro atoms. The fourth-order valence-electron chi connectivity index (χ4n) is 3.54. The minimum absolute atomic E-state index is 0.154. The number of rotatable bonds is 1. The van der Waals surface area contributed by atoms with Gasteiger partial charge in [-0.1, -0.05) is 0 Å². The highest BCUT2D eigenvalue weighted by molar-refractivity contribution is 9.10. The molecule has 2 fully saturated rings. The molecule has 0 amide bonds. The van der Waals surface area contributed by atoms with Crippen molar-refractivity contribution in [3.05, 3.63) is 28.5 Å². The maximum absolute atomic E-state index is 14.0. The van der Waals surface area contributed by atoms with E-state index in [1.807, 2.05) is 6.07 Å². The van der Waals surface area contributed by atoms with Gasteiger partial charge in [-0.2, -0.15) is 5.26 Å². The van der Waals surface area contributed by atoms with E-state index in [1.165, 1.54) is 0 Å². The summed E-state index contributed by atoms with van der Waals surface area (Å²) in [5, 5.41) is 9.65. The second kappa shape index (κ2) is 4.47. The first-order valence-corrected chi connectivity index (χ1v) is 7.29. The molecule has 3 unspecified atom stereocenters. The van der Waals surface area contributed by atoms with Crippen LogP contribution < -0.4 is 0 Å². The van der Waals surface area contributed by atoms with Gasteiger partial charge in [0, 0.05) is 29.3 Å². The van der Waals surface area contributed by atoms with E-state index < -0.39 is 17.4 Å². The SMILES string of the molecule is CN1C2CC(C#N)(c3cncc(Br)c3)CC1C(F)(F)C2. The lowest BCUT2D eigenvalue weighted by Gasteiger charge is -2.41. The molecule has 106 valence electrons. The lowest BCUT2D eigenvalue weighted by atomic mass is 9.71. The Morgan fingerprint density at radius 2 is 2.15 bits per heavy atom. The second-order valence-electron chi connectivity index (χ2n) is 5.79. The summed E-state index contributed by atoms with van der Waals surface area (Å²) in [5.74, 6) is -2.71. The highest BCUT2D eigenvalue weighted by Gasteiger charge is 2.60. The molecule has 6 heteroatoms. The first kappa shape index (κ1) is 13.9. The molecular formula is C14H14BrF2N3. The Bertz CT molecular complexity index is 586. The number of aromatic nitrogens is 1. The van der Waals surface area contributed by atoms with Crippen LogP contribution in [0.2, 0.25) is 0 Å². The van der Waals surface area contributed by atoms with Crippen molar-refractivity contribution in [1.29, 1.82) is 5.26 Å². The minimum Gasteiger partial charge on any atom is -0.294 e.